The van der Waals surface area contributed by atoms with E-state index < -0.39 is 17.5 Å². The second kappa shape index (κ2) is 6.30. The van der Waals surface area contributed by atoms with Gasteiger partial charge in [0.15, 0.2) is 11.6 Å². The summed E-state index contributed by atoms with van der Waals surface area (Å²) in [5.74, 6) is -0.311. The number of carbonyl (C=O) groups excluding carboxylic acids is 1. The number of amides is 1. The molecule has 0 aliphatic carbocycles. The van der Waals surface area contributed by atoms with E-state index in [9.17, 15) is 9.18 Å². The molecule has 1 aromatic carbocycles. The van der Waals surface area contributed by atoms with Gasteiger partial charge in [-0.15, -0.1) is 0 Å². The molecule has 21 heavy (non-hydrogen) atoms. The lowest BCUT2D eigenvalue weighted by atomic mass is 10.2. The molecule has 5 nitrogen and oxygen atoms in total. The molecule has 1 atom stereocenters. The number of rotatable bonds is 3. The number of hydrogen-bond acceptors (Lipinski definition) is 4. The van der Waals surface area contributed by atoms with Gasteiger partial charge in [0.05, 0.1) is 0 Å². The highest BCUT2D eigenvalue weighted by Crippen LogP contribution is 2.24. The van der Waals surface area contributed by atoms with Crippen molar-refractivity contribution < 1.29 is 18.7 Å². The summed E-state index contributed by atoms with van der Waals surface area (Å²) in [6.45, 7) is 6.89. The summed E-state index contributed by atoms with van der Waals surface area (Å²) in [7, 11) is 0. The smallest absolute Gasteiger partial charge is 0.412 e. The zero-order valence-electron chi connectivity index (χ0n) is 12.5. The normalized spacial score (nSPS) is 18.4. The number of hydrogen-bond donors (Lipinski definition) is 2. The molecule has 0 bridgehead atoms. The Morgan fingerprint density at radius 2 is 2.19 bits per heavy atom. The van der Waals surface area contributed by atoms with E-state index in [0.717, 1.165) is 13.0 Å². The van der Waals surface area contributed by atoms with Crippen molar-refractivity contribution >= 4 is 11.8 Å². The summed E-state index contributed by atoms with van der Waals surface area (Å²) in [5.41, 5.74) is -0.148. The second-order valence-electron chi connectivity index (χ2n) is 6.00. The van der Waals surface area contributed by atoms with E-state index in [2.05, 4.69) is 10.6 Å². The van der Waals surface area contributed by atoms with Crippen LogP contribution in [0.15, 0.2) is 18.2 Å². The van der Waals surface area contributed by atoms with Crippen LogP contribution in [0.5, 0.6) is 5.75 Å². The van der Waals surface area contributed by atoms with E-state index in [1.165, 1.54) is 18.2 Å². The van der Waals surface area contributed by atoms with Crippen LogP contribution in [0.2, 0.25) is 0 Å². The van der Waals surface area contributed by atoms with Gasteiger partial charge in [-0.3, -0.25) is 5.32 Å². The molecule has 1 aliphatic heterocycles. The third-order valence-electron chi connectivity index (χ3n) is 2.89. The van der Waals surface area contributed by atoms with Crippen LogP contribution in [0.1, 0.15) is 27.2 Å². The van der Waals surface area contributed by atoms with Gasteiger partial charge in [-0.1, -0.05) is 0 Å². The number of anilines is 1. The minimum atomic E-state index is -0.584. The van der Waals surface area contributed by atoms with E-state index in [0.29, 0.717) is 12.2 Å². The van der Waals surface area contributed by atoms with Crippen LogP contribution in [-0.2, 0) is 4.74 Å². The molecule has 1 saturated heterocycles. The quantitative estimate of drug-likeness (QED) is 0.900. The Bertz CT molecular complexity index is 508. The highest BCUT2D eigenvalue weighted by Gasteiger charge is 2.19. The topological polar surface area (TPSA) is 59.6 Å². The lowest BCUT2D eigenvalue weighted by molar-refractivity contribution is 0.0636. The summed E-state index contributed by atoms with van der Waals surface area (Å²) in [6.07, 6.45) is 0.210. The van der Waals surface area contributed by atoms with Crippen LogP contribution in [0, 0.1) is 5.82 Å². The molecular formula is C15H21FN2O3. The fraction of sp³-hybridized carbons (Fsp3) is 0.533. The van der Waals surface area contributed by atoms with Crippen molar-refractivity contribution in [2.45, 2.75) is 38.9 Å². The fourth-order valence-electron chi connectivity index (χ4n) is 2.00. The predicted molar refractivity (Wildman–Crippen MR) is 78.2 cm³/mol. The first-order chi connectivity index (χ1) is 9.83. The third-order valence-corrected chi connectivity index (χ3v) is 2.89. The SMILES string of the molecule is CC(C)(C)OC(=O)Nc1ccc(F)c(OC2CCNC2)c1. The molecule has 0 radical (unpaired) electrons. The monoisotopic (exact) mass is 296 g/mol. The summed E-state index contributed by atoms with van der Waals surface area (Å²) in [6, 6.07) is 4.21. The minimum Gasteiger partial charge on any atom is -0.486 e. The molecular weight excluding hydrogens is 275 g/mol. The van der Waals surface area contributed by atoms with Gasteiger partial charge in [-0.25, -0.2) is 9.18 Å². The fourth-order valence-corrected chi connectivity index (χ4v) is 2.00. The van der Waals surface area contributed by atoms with Crippen molar-refractivity contribution in [3.63, 3.8) is 0 Å². The van der Waals surface area contributed by atoms with Gasteiger partial charge < -0.3 is 14.8 Å². The van der Waals surface area contributed by atoms with Gasteiger partial charge >= 0.3 is 6.09 Å². The van der Waals surface area contributed by atoms with Crippen LogP contribution in [0.25, 0.3) is 0 Å². The van der Waals surface area contributed by atoms with Crippen LogP contribution >= 0.6 is 0 Å². The molecule has 116 valence electrons. The Hall–Kier alpha value is -1.82. The van der Waals surface area contributed by atoms with Crippen molar-refractivity contribution in [1.82, 2.24) is 5.32 Å². The zero-order chi connectivity index (χ0) is 15.5. The first kappa shape index (κ1) is 15.6. The largest absolute Gasteiger partial charge is 0.486 e. The molecule has 6 heteroatoms. The lowest BCUT2D eigenvalue weighted by Crippen LogP contribution is -2.27. The number of nitrogens with one attached hydrogen (secondary N) is 2. The summed E-state index contributed by atoms with van der Waals surface area (Å²) in [4.78, 5) is 11.7. The molecule has 1 heterocycles. The van der Waals surface area contributed by atoms with Crippen LogP contribution in [0.3, 0.4) is 0 Å². The van der Waals surface area contributed by atoms with E-state index in [4.69, 9.17) is 9.47 Å². The van der Waals surface area contributed by atoms with Gasteiger partial charge in [-0.2, -0.15) is 0 Å². The highest BCUT2D eigenvalue weighted by molar-refractivity contribution is 5.85. The Kier molecular flexibility index (Phi) is 4.67. The molecule has 1 aliphatic rings. The Balaban J connectivity index is 2.02. The number of ether oxygens (including phenoxy) is 2. The van der Waals surface area contributed by atoms with Crippen LogP contribution in [0.4, 0.5) is 14.9 Å². The average molecular weight is 296 g/mol. The Morgan fingerprint density at radius 3 is 2.81 bits per heavy atom. The van der Waals surface area contributed by atoms with Crippen molar-refractivity contribution in [2.24, 2.45) is 0 Å². The van der Waals surface area contributed by atoms with Crippen molar-refractivity contribution in [2.75, 3.05) is 18.4 Å². The number of carbonyl (C=O) groups is 1. The van der Waals surface area contributed by atoms with E-state index in [1.54, 1.807) is 20.8 Å². The highest BCUT2D eigenvalue weighted by atomic mass is 19.1. The molecule has 1 amide bonds. The maximum atomic E-state index is 13.7. The Labute approximate surface area is 123 Å². The molecule has 1 aromatic rings. The van der Waals surface area contributed by atoms with Gasteiger partial charge in [0.1, 0.15) is 11.7 Å². The zero-order valence-corrected chi connectivity index (χ0v) is 12.5. The number of benzene rings is 1. The molecule has 2 rings (SSSR count). The predicted octanol–water partition coefficient (Wildman–Crippen LogP) is 2.91. The Morgan fingerprint density at radius 1 is 1.43 bits per heavy atom. The van der Waals surface area contributed by atoms with Crippen molar-refractivity contribution in [1.29, 1.82) is 0 Å². The standard InChI is InChI=1S/C15H21FN2O3/c1-15(2,3)21-14(19)18-10-4-5-12(16)13(8-10)20-11-6-7-17-9-11/h4-5,8,11,17H,6-7,9H2,1-3H3,(H,18,19). The third kappa shape index (κ3) is 4.90. The van der Waals surface area contributed by atoms with Gasteiger partial charge in [0.25, 0.3) is 0 Å². The van der Waals surface area contributed by atoms with Crippen LogP contribution in [-0.4, -0.2) is 30.9 Å². The van der Waals surface area contributed by atoms with Crippen molar-refractivity contribution in [3.8, 4) is 5.75 Å². The minimum absolute atomic E-state index is 0.0451. The first-order valence-electron chi connectivity index (χ1n) is 7.00. The van der Waals surface area contributed by atoms with Gasteiger partial charge in [-0.05, 0) is 45.9 Å². The maximum absolute atomic E-state index is 13.7. The first-order valence-corrected chi connectivity index (χ1v) is 7.00. The van der Waals surface area contributed by atoms with Gasteiger partial charge in [0.2, 0.25) is 0 Å². The van der Waals surface area contributed by atoms with Crippen molar-refractivity contribution in [3.05, 3.63) is 24.0 Å². The summed E-state index contributed by atoms with van der Waals surface area (Å²) in [5, 5.41) is 5.71. The molecule has 0 aromatic heterocycles. The van der Waals surface area contributed by atoms with Crippen LogP contribution < -0.4 is 15.4 Å². The van der Waals surface area contributed by atoms with E-state index >= 15 is 0 Å². The molecule has 2 N–H and O–H groups in total. The van der Waals surface area contributed by atoms with Gasteiger partial charge in [0, 0.05) is 18.3 Å². The molecule has 0 saturated carbocycles. The lowest BCUT2D eigenvalue weighted by Gasteiger charge is -2.20. The second-order valence-corrected chi connectivity index (χ2v) is 6.00. The number of halogens is 1. The van der Waals surface area contributed by atoms with E-state index in [-0.39, 0.29) is 11.9 Å². The summed E-state index contributed by atoms with van der Waals surface area (Å²) >= 11 is 0. The maximum Gasteiger partial charge on any atom is 0.412 e. The molecule has 0 spiro atoms. The average Bonchev–Trinajstić information content (AvgIpc) is 2.84. The molecule has 1 unspecified atom stereocenters. The molecule has 1 fully saturated rings. The summed E-state index contributed by atoms with van der Waals surface area (Å²) < 4.78 is 24.5. The van der Waals surface area contributed by atoms with E-state index in [1.807, 2.05) is 0 Å².